The van der Waals surface area contributed by atoms with Gasteiger partial charge < -0.3 is 10.1 Å². The summed E-state index contributed by atoms with van der Waals surface area (Å²) in [5, 5.41) is 4.32. The van der Waals surface area contributed by atoms with Gasteiger partial charge in [0.15, 0.2) is 0 Å². The van der Waals surface area contributed by atoms with Crippen LogP contribution in [-0.2, 0) is 17.6 Å². The molecule has 4 heteroatoms. The Morgan fingerprint density at radius 1 is 1.50 bits per heavy atom. The summed E-state index contributed by atoms with van der Waals surface area (Å²) in [5.41, 5.74) is 2.00. The minimum Gasteiger partial charge on any atom is -0.465 e. The molecular weight excluding hydrogens is 222 g/mol. The fraction of sp³-hybridized carbons (Fsp3) is 0.583. The second-order valence-electron chi connectivity index (χ2n) is 3.98. The first-order chi connectivity index (χ1) is 7.77. The maximum atomic E-state index is 11.8. The lowest BCUT2D eigenvalue weighted by molar-refractivity contribution is 0.0601. The molecule has 0 amide bonds. The van der Waals surface area contributed by atoms with Crippen LogP contribution in [0.25, 0.3) is 0 Å². The Bertz CT molecular complexity index is 398. The second kappa shape index (κ2) is 4.87. The first kappa shape index (κ1) is 11.5. The predicted molar refractivity (Wildman–Crippen MR) is 66.5 cm³/mol. The smallest absolute Gasteiger partial charge is 0.341 e. The fourth-order valence-electron chi connectivity index (χ4n) is 2.09. The van der Waals surface area contributed by atoms with E-state index in [0.717, 1.165) is 36.4 Å². The van der Waals surface area contributed by atoms with Gasteiger partial charge in [-0.25, -0.2) is 4.79 Å². The quantitative estimate of drug-likeness (QED) is 0.821. The number of ether oxygens (including phenoxy) is 1. The third-order valence-corrected chi connectivity index (χ3v) is 4.10. The number of nitrogens with one attached hydrogen (secondary N) is 1. The molecule has 0 fully saturated rings. The number of hydrogen-bond acceptors (Lipinski definition) is 4. The molecule has 3 nitrogen and oxygen atoms in total. The lowest BCUT2D eigenvalue weighted by Gasteiger charge is -2.06. The molecule has 0 spiro atoms. The van der Waals surface area contributed by atoms with E-state index in [4.69, 9.17) is 4.74 Å². The third kappa shape index (κ3) is 1.94. The van der Waals surface area contributed by atoms with Crippen molar-refractivity contribution in [2.24, 2.45) is 0 Å². The number of anilines is 1. The van der Waals surface area contributed by atoms with Crippen LogP contribution in [0.15, 0.2) is 0 Å². The number of hydrogen-bond donors (Lipinski definition) is 1. The van der Waals surface area contributed by atoms with Crippen molar-refractivity contribution in [1.82, 2.24) is 0 Å². The number of aryl methyl sites for hydroxylation is 1. The van der Waals surface area contributed by atoms with Crippen molar-refractivity contribution >= 4 is 22.3 Å². The summed E-state index contributed by atoms with van der Waals surface area (Å²) in [6.45, 7) is 3.02. The van der Waals surface area contributed by atoms with Crippen LogP contribution in [0.2, 0.25) is 0 Å². The Balaban J connectivity index is 2.33. The summed E-state index contributed by atoms with van der Waals surface area (Å²) in [5.74, 6) is -0.196. The van der Waals surface area contributed by atoms with Gasteiger partial charge in [-0.2, -0.15) is 0 Å². The highest BCUT2D eigenvalue weighted by molar-refractivity contribution is 7.16. The minimum absolute atomic E-state index is 0.196. The van der Waals surface area contributed by atoms with Crippen LogP contribution in [0, 0.1) is 0 Å². The normalized spacial score (nSPS) is 13.6. The standard InChI is InChI=1S/C12H17NO2S/c1-3-7-13-11-10(12(14)15-2)8-5-4-6-9(8)16-11/h13H,3-7H2,1-2H3. The molecule has 0 bridgehead atoms. The Hall–Kier alpha value is -1.03. The number of carbonyl (C=O) groups excluding carboxylic acids is 1. The van der Waals surface area contributed by atoms with Crippen LogP contribution in [0.1, 0.15) is 40.6 Å². The molecule has 0 saturated heterocycles. The van der Waals surface area contributed by atoms with Crippen molar-refractivity contribution in [2.75, 3.05) is 19.0 Å². The average molecular weight is 239 g/mol. The van der Waals surface area contributed by atoms with Gasteiger partial charge in [0.1, 0.15) is 5.00 Å². The molecule has 16 heavy (non-hydrogen) atoms. The maximum absolute atomic E-state index is 11.8. The highest BCUT2D eigenvalue weighted by atomic mass is 32.1. The van der Waals surface area contributed by atoms with E-state index in [-0.39, 0.29) is 5.97 Å². The number of carbonyl (C=O) groups is 1. The lowest BCUT2D eigenvalue weighted by atomic mass is 10.1. The van der Waals surface area contributed by atoms with Gasteiger partial charge in [0.2, 0.25) is 0 Å². The van der Waals surface area contributed by atoms with Crippen LogP contribution in [0.3, 0.4) is 0 Å². The molecule has 1 aliphatic carbocycles. The topological polar surface area (TPSA) is 38.3 Å². The molecule has 0 unspecified atom stereocenters. The number of methoxy groups -OCH3 is 1. The minimum atomic E-state index is -0.196. The van der Waals surface area contributed by atoms with E-state index in [1.165, 1.54) is 24.0 Å². The van der Waals surface area contributed by atoms with Gasteiger partial charge in [-0.1, -0.05) is 6.92 Å². The third-order valence-electron chi connectivity index (χ3n) is 2.85. The first-order valence-corrected chi connectivity index (χ1v) is 6.56. The van der Waals surface area contributed by atoms with Crippen molar-refractivity contribution in [3.8, 4) is 0 Å². The zero-order valence-electron chi connectivity index (χ0n) is 9.76. The van der Waals surface area contributed by atoms with Gasteiger partial charge in [-0.05, 0) is 31.2 Å². The van der Waals surface area contributed by atoms with Crippen LogP contribution in [-0.4, -0.2) is 19.6 Å². The molecule has 0 aromatic carbocycles. The van der Waals surface area contributed by atoms with E-state index in [2.05, 4.69) is 12.2 Å². The molecule has 0 saturated carbocycles. The molecule has 1 heterocycles. The van der Waals surface area contributed by atoms with Crippen molar-refractivity contribution in [1.29, 1.82) is 0 Å². The molecule has 0 aliphatic heterocycles. The molecule has 0 radical (unpaired) electrons. The van der Waals surface area contributed by atoms with Crippen LogP contribution < -0.4 is 5.32 Å². The Labute approximate surface area is 99.8 Å². The molecule has 1 aromatic rings. The summed E-state index contributed by atoms with van der Waals surface area (Å²) >= 11 is 1.72. The van der Waals surface area contributed by atoms with E-state index in [0.29, 0.717) is 0 Å². The largest absolute Gasteiger partial charge is 0.465 e. The van der Waals surface area contributed by atoms with Gasteiger partial charge >= 0.3 is 5.97 Å². The first-order valence-electron chi connectivity index (χ1n) is 5.74. The number of esters is 1. The lowest BCUT2D eigenvalue weighted by Crippen LogP contribution is -2.08. The van der Waals surface area contributed by atoms with Crippen molar-refractivity contribution in [2.45, 2.75) is 32.6 Å². The molecule has 2 rings (SSSR count). The maximum Gasteiger partial charge on any atom is 0.341 e. The molecule has 0 atom stereocenters. The Kier molecular flexibility index (Phi) is 3.49. The van der Waals surface area contributed by atoms with Crippen LogP contribution in [0.4, 0.5) is 5.00 Å². The Morgan fingerprint density at radius 2 is 2.31 bits per heavy atom. The van der Waals surface area contributed by atoms with E-state index >= 15 is 0 Å². The van der Waals surface area contributed by atoms with E-state index in [1.54, 1.807) is 11.3 Å². The highest BCUT2D eigenvalue weighted by Gasteiger charge is 2.26. The highest BCUT2D eigenvalue weighted by Crippen LogP contribution is 2.39. The van der Waals surface area contributed by atoms with E-state index in [1.807, 2.05) is 0 Å². The van der Waals surface area contributed by atoms with Crippen LogP contribution in [0.5, 0.6) is 0 Å². The Morgan fingerprint density at radius 3 is 3.00 bits per heavy atom. The SMILES string of the molecule is CCCNc1sc2c(c1C(=O)OC)CCC2. The number of thiophene rings is 1. The summed E-state index contributed by atoms with van der Waals surface area (Å²) in [6.07, 6.45) is 4.35. The average Bonchev–Trinajstić information content (AvgIpc) is 2.84. The van der Waals surface area contributed by atoms with Gasteiger partial charge in [0.25, 0.3) is 0 Å². The van der Waals surface area contributed by atoms with Gasteiger partial charge in [-0.15, -0.1) is 11.3 Å². The zero-order chi connectivity index (χ0) is 11.5. The van der Waals surface area contributed by atoms with Gasteiger partial charge in [0.05, 0.1) is 12.7 Å². The second-order valence-corrected chi connectivity index (χ2v) is 5.08. The van der Waals surface area contributed by atoms with E-state index < -0.39 is 0 Å². The zero-order valence-corrected chi connectivity index (χ0v) is 10.6. The van der Waals surface area contributed by atoms with Gasteiger partial charge in [0, 0.05) is 11.4 Å². The monoisotopic (exact) mass is 239 g/mol. The molecule has 1 N–H and O–H groups in total. The summed E-state index contributed by atoms with van der Waals surface area (Å²) in [4.78, 5) is 13.1. The molecule has 1 aromatic heterocycles. The predicted octanol–water partition coefficient (Wildman–Crippen LogP) is 2.85. The number of rotatable bonds is 4. The van der Waals surface area contributed by atoms with Crippen LogP contribution >= 0.6 is 11.3 Å². The molecular formula is C12H17NO2S. The van der Waals surface area contributed by atoms with Gasteiger partial charge in [-0.3, -0.25) is 0 Å². The molecule has 88 valence electrons. The number of fused-ring (bicyclic) bond motifs is 1. The van der Waals surface area contributed by atoms with Crippen molar-refractivity contribution in [3.05, 3.63) is 16.0 Å². The van der Waals surface area contributed by atoms with E-state index in [9.17, 15) is 4.79 Å². The summed E-state index contributed by atoms with van der Waals surface area (Å²) in [6, 6.07) is 0. The summed E-state index contributed by atoms with van der Waals surface area (Å²) < 4.78 is 4.87. The summed E-state index contributed by atoms with van der Waals surface area (Å²) in [7, 11) is 1.45. The van der Waals surface area contributed by atoms with Crippen molar-refractivity contribution in [3.63, 3.8) is 0 Å². The van der Waals surface area contributed by atoms with Crippen molar-refractivity contribution < 1.29 is 9.53 Å². The fourth-order valence-corrected chi connectivity index (χ4v) is 3.39. The molecule has 1 aliphatic rings.